The van der Waals surface area contributed by atoms with Crippen molar-refractivity contribution in [3.05, 3.63) is 59.4 Å². The number of phenolic OH excluding ortho intramolecular Hbond substituents is 1. The highest BCUT2D eigenvalue weighted by molar-refractivity contribution is 5.45. The largest absolute Gasteiger partial charge is 0.508 e. The normalized spacial score (nSPS) is 10.8. The molecule has 0 bridgehead atoms. The Balaban J connectivity index is 1.96. The molecule has 0 amide bonds. The molecule has 2 aromatic rings. The van der Waals surface area contributed by atoms with E-state index in [4.69, 9.17) is 0 Å². The van der Waals surface area contributed by atoms with Crippen molar-refractivity contribution in [2.45, 2.75) is 13.1 Å². The quantitative estimate of drug-likeness (QED) is 0.879. The number of anilines is 1. The van der Waals surface area contributed by atoms with Crippen LogP contribution in [0.15, 0.2) is 42.5 Å². The van der Waals surface area contributed by atoms with Crippen LogP contribution in [-0.4, -0.2) is 24.1 Å². The highest BCUT2D eigenvalue weighted by atomic mass is 19.1. The molecule has 2 N–H and O–H groups in total. The molecule has 0 aliphatic rings. The summed E-state index contributed by atoms with van der Waals surface area (Å²) in [6.07, 6.45) is 0. The van der Waals surface area contributed by atoms with Gasteiger partial charge in [0.15, 0.2) is 0 Å². The van der Waals surface area contributed by atoms with E-state index in [9.17, 15) is 9.50 Å². The van der Waals surface area contributed by atoms with Gasteiger partial charge in [-0.3, -0.25) is 0 Å². The van der Waals surface area contributed by atoms with E-state index in [1.54, 1.807) is 6.07 Å². The summed E-state index contributed by atoms with van der Waals surface area (Å²) in [5.74, 6) is -0.480. The summed E-state index contributed by atoms with van der Waals surface area (Å²) >= 11 is 0. The molecule has 2 rings (SSSR count). The van der Waals surface area contributed by atoms with Crippen molar-refractivity contribution >= 4 is 5.69 Å². The topological polar surface area (TPSA) is 35.5 Å². The molecule has 0 aliphatic carbocycles. The Hall–Kier alpha value is -2.07. The van der Waals surface area contributed by atoms with Gasteiger partial charge in [-0.25, -0.2) is 4.39 Å². The molecule has 20 heavy (non-hydrogen) atoms. The first-order chi connectivity index (χ1) is 9.52. The number of aromatic hydroxyl groups is 1. The number of nitrogens with zero attached hydrogens (tertiary/aromatic N) is 1. The summed E-state index contributed by atoms with van der Waals surface area (Å²) in [5, 5.41) is 12.5. The molecule has 0 radical (unpaired) electrons. The third kappa shape index (κ3) is 4.24. The zero-order valence-corrected chi connectivity index (χ0v) is 11.7. The Morgan fingerprint density at radius 3 is 2.35 bits per heavy atom. The zero-order chi connectivity index (χ0) is 14.5. The van der Waals surface area contributed by atoms with Gasteiger partial charge >= 0.3 is 0 Å². The predicted molar refractivity (Wildman–Crippen MR) is 79.2 cm³/mol. The Morgan fingerprint density at radius 2 is 1.75 bits per heavy atom. The Morgan fingerprint density at radius 1 is 1.05 bits per heavy atom. The number of halogens is 1. The van der Waals surface area contributed by atoms with E-state index in [0.717, 1.165) is 18.3 Å². The van der Waals surface area contributed by atoms with Gasteiger partial charge in [0.1, 0.15) is 11.6 Å². The standard InChI is InChI=1S/C16H19FN2O/c1-19(2)11-12-3-5-15(6-4-12)18-10-13-7-14(17)9-16(20)8-13/h3-9,18,20H,10-11H2,1-2H3. The van der Waals surface area contributed by atoms with E-state index < -0.39 is 5.82 Å². The molecule has 2 aromatic carbocycles. The molecule has 0 aliphatic heterocycles. The lowest BCUT2D eigenvalue weighted by atomic mass is 10.1. The molecule has 0 saturated carbocycles. The second-order valence-electron chi connectivity index (χ2n) is 5.11. The first-order valence-electron chi connectivity index (χ1n) is 6.49. The van der Waals surface area contributed by atoms with Gasteiger partial charge in [0.2, 0.25) is 0 Å². The number of benzene rings is 2. The maximum absolute atomic E-state index is 13.1. The Bertz CT molecular complexity index is 547. The summed E-state index contributed by atoms with van der Waals surface area (Å²) in [6, 6.07) is 12.2. The molecule has 0 atom stereocenters. The van der Waals surface area contributed by atoms with E-state index >= 15 is 0 Å². The van der Waals surface area contributed by atoms with Crippen molar-refractivity contribution in [2.75, 3.05) is 19.4 Å². The fourth-order valence-electron chi connectivity index (χ4n) is 2.03. The van der Waals surface area contributed by atoms with Crippen molar-refractivity contribution in [3.8, 4) is 5.75 Å². The van der Waals surface area contributed by atoms with Gasteiger partial charge in [0.05, 0.1) is 0 Å². The van der Waals surface area contributed by atoms with Crippen molar-refractivity contribution in [3.63, 3.8) is 0 Å². The smallest absolute Gasteiger partial charge is 0.127 e. The maximum atomic E-state index is 13.1. The van der Waals surface area contributed by atoms with Gasteiger partial charge < -0.3 is 15.3 Å². The predicted octanol–water partition coefficient (Wildman–Crippen LogP) is 3.21. The number of phenols is 1. The number of nitrogens with one attached hydrogen (secondary N) is 1. The lowest BCUT2D eigenvalue weighted by molar-refractivity contribution is 0.402. The highest BCUT2D eigenvalue weighted by Crippen LogP contribution is 2.17. The zero-order valence-electron chi connectivity index (χ0n) is 11.7. The van der Waals surface area contributed by atoms with Crippen LogP contribution in [0.2, 0.25) is 0 Å². The van der Waals surface area contributed by atoms with E-state index in [2.05, 4.69) is 22.3 Å². The first-order valence-corrected chi connectivity index (χ1v) is 6.49. The second kappa shape index (κ2) is 6.39. The fourth-order valence-corrected chi connectivity index (χ4v) is 2.03. The summed E-state index contributed by atoms with van der Waals surface area (Å²) in [7, 11) is 4.06. The summed E-state index contributed by atoms with van der Waals surface area (Å²) in [4.78, 5) is 2.11. The first kappa shape index (κ1) is 14.3. The van der Waals surface area contributed by atoms with Crippen molar-refractivity contribution in [1.29, 1.82) is 0 Å². The molecule has 4 heteroatoms. The lowest BCUT2D eigenvalue weighted by Crippen LogP contribution is -2.10. The van der Waals surface area contributed by atoms with E-state index in [-0.39, 0.29) is 5.75 Å². The maximum Gasteiger partial charge on any atom is 0.127 e. The van der Waals surface area contributed by atoms with Gasteiger partial charge in [-0.1, -0.05) is 12.1 Å². The van der Waals surface area contributed by atoms with Gasteiger partial charge in [0.25, 0.3) is 0 Å². The molecule has 0 spiro atoms. The van der Waals surface area contributed by atoms with Crippen LogP contribution in [0.4, 0.5) is 10.1 Å². The fraction of sp³-hybridized carbons (Fsp3) is 0.250. The molecule has 0 aromatic heterocycles. The molecule has 0 saturated heterocycles. The highest BCUT2D eigenvalue weighted by Gasteiger charge is 2.01. The van der Waals surface area contributed by atoms with E-state index in [1.807, 2.05) is 26.2 Å². The third-order valence-corrected chi connectivity index (χ3v) is 2.89. The van der Waals surface area contributed by atoms with Crippen LogP contribution in [0.3, 0.4) is 0 Å². The molecule has 0 fully saturated rings. The van der Waals surface area contributed by atoms with Crippen LogP contribution in [0.5, 0.6) is 5.75 Å². The third-order valence-electron chi connectivity index (χ3n) is 2.89. The van der Waals surface area contributed by atoms with Crippen molar-refractivity contribution < 1.29 is 9.50 Å². The van der Waals surface area contributed by atoms with Crippen molar-refractivity contribution in [2.24, 2.45) is 0 Å². The molecule has 3 nitrogen and oxygen atoms in total. The van der Waals surface area contributed by atoms with E-state index in [0.29, 0.717) is 12.1 Å². The average Bonchev–Trinajstić information content (AvgIpc) is 2.36. The summed E-state index contributed by atoms with van der Waals surface area (Å²) in [5.41, 5.74) is 2.92. The second-order valence-corrected chi connectivity index (χ2v) is 5.11. The van der Waals surface area contributed by atoms with Crippen LogP contribution < -0.4 is 5.32 Å². The number of hydrogen-bond acceptors (Lipinski definition) is 3. The molecule has 106 valence electrons. The van der Waals surface area contributed by atoms with Crippen LogP contribution >= 0.6 is 0 Å². The van der Waals surface area contributed by atoms with E-state index in [1.165, 1.54) is 11.6 Å². The van der Waals surface area contributed by atoms with Gasteiger partial charge in [0, 0.05) is 24.8 Å². The lowest BCUT2D eigenvalue weighted by Gasteiger charge is -2.11. The average molecular weight is 274 g/mol. The van der Waals surface area contributed by atoms with Gasteiger partial charge in [-0.15, -0.1) is 0 Å². The Labute approximate surface area is 118 Å². The minimum atomic E-state index is -0.428. The summed E-state index contributed by atoms with van der Waals surface area (Å²) in [6.45, 7) is 1.37. The van der Waals surface area contributed by atoms with Gasteiger partial charge in [-0.2, -0.15) is 0 Å². The van der Waals surface area contributed by atoms with Crippen LogP contribution in [0, 0.1) is 5.82 Å². The number of hydrogen-bond donors (Lipinski definition) is 2. The van der Waals surface area contributed by atoms with Gasteiger partial charge in [-0.05, 0) is 49.5 Å². The monoisotopic (exact) mass is 274 g/mol. The molecule has 0 heterocycles. The minimum Gasteiger partial charge on any atom is -0.508 e. The minimum absolute atomic E-state index is 0.0527. The van der Waals surface area contributed by atoms with Crippen LogP contribution in [0.1, 0.15) is 11.1 Å². The number of rotatable bonds is 5. The van der Waals surface area contributed by atoms with Crippen LogP contribution in [-0.2, 0) is 13.1 Å². The van der Waals surface area contributed by atoms with Crippen LogP contribution in [0.25, 0.3) is 0 Å². The molecular weight excluding hydrogens is 255 g/mol. The van der Waals surface area contributed by atoms with Crippen molar-refractivity contribution in [1.82, 2.24) is 4.90 Å². The SMILES string of the molecule is CN(C)Cc1ccc(NCc2cc(O)cc(F)c2)cc1. The molecular formula is C16H19FN2O. The Kier molecular flexibility index (Phi) is 4.58. The molecule has 0 unspecified atom stereocenters. The summed E-state index contributed by atoms with van der Waals surface area (Å²) < 4.78 is 13.1.